The molecule has 2 aromatic carbocycles. The van der Waals surface area contributed by atoms with Crippen LogP contribution in [0.25, 0.3) is 0 Å². The van der Waals surface area contributed by atoms with Crippen molar-refractivity contribution in [3.63, 3.8) is 0 Å². The number of rotatable bonds is 4. The summed E-state index contributed by atoms with van der Waals surface area (Å²) >= 11 is 3.32. The van der Waals surface area contributed by atoms with Gasteiger partial charge in [0.2, 0.25) is 0 Å². The molecule has 2 aromatic rings. The number of anilines is 1. The first-order valence-corrected chi connectivity index (χ1v) is 6.27. The molecule has 19 heavy (non-hydrogen) atoms. The monoisotopic (exact) mass is 324 g/mol. The Hall–Kier alpha value is -1.95. The molecule has 0 heterocycles. The molecule has 0 aliphatic rings. The van der Waals surface area contributed by atoms with E-state index in [1.807, 2.05) is 24.3 Å². The third-order valence-corrected chi connectivity index (χ3v) is 3.02. The molecule has 0 radical (unpaired) electrons. The fourth-order valence-electron chi connectivity index (χ4n) is 1.61. The lowest BCUT2D eigenvalue weighted by Gasteiger charge is -2.06. The number of nitrogens with zero attached hydrogens (tertiary/aromatic N) is 1. The highest BCUT2D eigenvalue weighted by atomic mass is 79.9. The minimum Gasteiger partial charge on any atom is -0.381 e. The van der Waals surface area contributed by atoms with Crippen LogP contribution in [0.1, 0.15) is 5.56 Å². The minimum atomic E-state index is -0.609. The number of nitrogens with one attached hydrogen (secondary N) is 1. The lowest BCUT2D eigenvalue weighted by molar-refractivity contribution is -0.385. The predicted molar refractivity (Wildman–Crippen MR) is 74.5 cm³/mol. The van der Waals surface area contributed by atoms with Gasteiger partial charge in [0.05, 0.1) is 11.0 Å². The standard InChI is InChI=1S/C13H10BrFN2O2/c14-10-1-3-12(4-2-10)16-8-9-5-11(15)7-13(6-9)17(18)19/h1-7,16H,8H2. The molecule has 0 fully saturated rings. The van der Waals surface area contributed by atoms with Gasteiger partial charge in [0.15, 0.2) is 0 Å². The summed E-state index contributed by atoms with van der Waals surface area (Å²) in [5.41, 5.74) is 1.14. The second-order valence-electron chi connectivity index (χ2n) is 3.94. The van der Waals surface area contributed by atoms with Crippen molar-refractivity contribution in [1.82, 2.24) is 0 Å². The third-order valence-electron chi connectivity index (χ3n) is 2.49. The molecule has 0 aromatic heterocycles. The molecular formula is C13H10BrFN2O2. The summed E-state index contributed by atoms with van der Waals surface area (Å²) in [6.45, 7) is 0.320. The van der Waals surface area contributed by atoms with Crippen LogP contribution >= 0.6 is 15.9 Å². The van der Waals surface area contributed by atoms with Crippen molar-refractivity contribution >= 4 is 27.3 Å². The van der Waals surface area contributed by atoms with E-state index in [1.165, 1.54) is 12.1 Å². The quantitative estimate of drug-likeness (QED) is 0.680. The summed E-state index contributed by atoms with van der Waals surface area (Å²) in [6.07, 6.45) is 0. The summed E-state index contributed by atoms with van der Waals surface area (Å²) < 4.78 is 14.2. The number of benzene rings is 2. The van der Waals surface area contributed by atoms with Gasteiger partial charge in [-0.05, 0) is 35.9 Å². The van der Waals surface area contributed by atoms with Crippen LogP contribution in [0, 0.1) is 15.9 Å². The normalized spacial score (nSPS) is 10.2. The number of nitro groups is 1. The Labute approximate surface area is 117 Å². The van der Waals surface area contributed by atoms with E-state index in [0.29, 0.717) is 12.1 Å². The molecule has 0 saturated heterocycles. The highest BCUT2D eigenvalue weighted by Crippen LogP contribution is 2.18. The number of non-ortho nitro benzene ring substituents is 1. The van der Waals surface area contributed by atoms with Crippen molar-refractivity contribution in [2.24, 2.45) is 0 Å². The molecule has 1 N–H and O–H groups in total. The minimum absolute atomic E-state index is 0.243. The lowest BCUT2D eigenvalue weighted by atomic mass is 10.2. The molecule has 0 amide bonds. The molecule has 6 heteroatoms. The highest BCUT2D eigenvalue weighted by Gasteiger charge is 2.09. The summed E-state index contributed by atoms with van der Waals surface area (Å²) in [5, 5.41) is 13.7. The summed E-state index contributed by atoms with van der Waals surface area (Å²) in [4.78, 5) is 10.0. The van der Waals surface area contributed by atoms with E-state index in [9.17, 15) is 14.5 Å². The molecule has 0 bridgehead atoms. The average molecular weight is 325 g/mol. The largest absolute Gasteiger partial charge is 0.381 e. The Kier molecular flexibility index (Phi) is 4.11. The zero-order chi connectivity index (χ0) is 13.8. The van der Waals surface area contributed by atoms with Crippen LogP contribution in [0.4, 0.5) is 15.8 Å². The van der Waals surface area contributed by atoms with Crippen molar-refractivity contribution in [1.29, 1.82) is 0 Å². The Balaban J connectivity index is 2.11. The van der Waals surface area contributed by atoms with Crippen molar-refractivity contribution in [2.45, 2.75) is 6.54 Å². The van der Waals surface area contributed by atoms with E-state index >= 15 is 0 Å². The van der Waals surface area contributed by atoms with Gasteiger partial charge in [0, 0.05) is 22.8 Å². The fourth-order valence-corrected chi connectivity index (χ4v) is 1.88. The smallest absolute Gasteiger partial charge is 0.272 e. The summed E-state index contributed by atoms with van der Waals surface area (Å²) in [6, 6.07) is 11.0. The molecule has 2 rings (SSSR count). The van der Waals surface area contributed by atoms with Crippen LogP contribution in [0.3, 0.4) is 0 Å². The highest BCUT2D eigenvalue weighted by molar-refractivity contribution is 9.10. The van der Waals surface area contributed by atoms with E-state index in [-0.39, 0.29) is 5.69 Å². The predicted octanol–water partition coefficient (Wildman–Crippen LogP) is 4.11. The van der Waals surface area contributed by atoms with Gasteiger partial charge in [0.1, 0.15) is 5.82 Å². The Bertz CT molecular complexity index is 602. The van der Waals surface area contributed by atoms with Crippen molar-refractivity contribution in [2.75, 3.05) is 5.32 Å². The third kappa shape index (κ3) is 3.75. The van der Waals surface area contributed by atoms with Crippen molar-refractivity contribution in [3.05, 3.63) is 68.4 Å². The van der Waals surface area contributed by atoms with Gasteiger partial charge < -0.3 is 5.32 Å². The van der Waals surface area contributed by atoms with Crippen LogP contribution in [0.5, 0.6) is 0 Å². The number of hydrogen-bond donors (Lipinski definition) is 1. The van der Waals surface area contributed by atoms with E-state index in [2.05, 4.69) is 21.2 Å². The van der Waals surface area contributed by atoms with Crippen LogP contribution in [0.2, 0.25) is 0 Å². The van der Waals surface area contributed by atoms with Gasteiger partial charge in [0.25, 0.3) is 5.69 Å². The maximum atomic E-state index is 13.2. The van der Waals surface area contributed by atoms with Gasteiger partial charge in [-0.15, -0.1) is 0 Å². The molecule has 0 atom stereocenters. The van der Waals surface area contributed by atoms with Crippen molar-refractivity contribution in [3.8, 4) is 0 Å². The first kappa shape index (κ1) is 13.5. The first-order chi connectivity index (χ1) is 9.04. The fraction of sp³-hybridized carbons (Fsp3) is 0.0769. The van der Waals surface area contributed by atoms with Gasteiger partial charge >= 0.3 is 0 Å². The number of hydrogen-bond acceptors (Lipinski definition) is 3. The summed E-state index contributed by atoms with van der Waals surface area (Å²) in [7, 11) is 0. The van der Waals surface area contributed by atoms with Crippen molar-refractivity contribution < 1.29 is 9.31 Å². The zero-order valence-electron chi connectivity index (χ0n) is 9.77. The SMILES string of the molecule is O=[N+]([O-])c1cc(F)cc(CNc2ccc(Br)cc2)c1. The lowest BCUT2D eigenvalue weighted by Crippen LogP contribution is -2.01. The van der Waals surface area contributed by atoms with Gasteiger partial charge in [-0.3, -0.25) is 10.1 Å². The Morgan fingerprint density at radius 3 is 2.53 bits per heavy atom. The maximum Gasteiger partial charge on any atom is 0.272 e. The van der Waals surface area contributed by atoms with E-state index in [0.717, 1.165) is 16.2 Å². The molecule has 0 spiro atoms. The zero-order valence-corrected chi connectivity index (χ0v) is 11.4. The van der Waals surface area contributed by atoms with E-state index < -0.39 is 10.7 Å². The molecule has 0 saturated carbocycles. The van der Waals surface area contributed by atoms with Crippen LogP contribution in [-0.2, 0) is 6.54 Å². The van der Waals surface area contributed by atoms with Gasteiger partial charge in [-0.25, -0.2) is 4.39 Å². The topological polar surface area (TPSA) is 55.2 Å². The second kappa shape index (κ2) is 5.79. The molecular weight excluding hydrogens is 315 g/mol. The average Bonchev–Trinajstić information content (AvgIpc) is 2.37. The molecule has 0 aliphatic carbocycles. The van der Waals surface area contributed by atoms with Gasteiger partial charge in [-0.1, -0.05) is 15.9 Å². The van der Waals surface area contributed by atoms with Crippen LogP contribution in [0.15, 0.2) is 46.9 Å². The van der Waals surface area contributed by atoms with E-state index in [4.69, 9.17) is 0 Å². The first-order valence-electron chi connectivity index (χ1n) is 5.48. The molecule has 98 valence electrons. The van der Waals surface area contributed by atoms with Crippen LogP contribution in [-0.4, -0.2) is 4.92 Å². The number of nitro benzene ring substituents is 1. The van der Waals surface area contributed by atoms with Crippen LogP contribution < -0.4 is 5.32 Å². The summed E-state index contributed by atoms with van der Waals surface area (Å²) in [5.74, 6) is -0.609. The van der Waals surface area contributed by atoms with Gasteiger partial charge in [-0.2, -0.15) is 0 Å². The molecule has 0 aliphatic heterocycles. The molecule has 4 nitrogen and oxygen atoms in total. The maximum absolute atomic E-state index is 13.2. The Morgan fingerprint density at radius 1 is 1.21 bits per heavy atom. The van der Waals surface area contributed by atoms with E-state index in [1.54, 1.807) is 0 Å². The molecule has 0 unspecified atom stereocenters. The number of halogens is 2. The Morgan fingerprint density at radius 2 is 1.89 bits per heavy atom. The second-order valence-corrected chi connectivity index (χ2v) is 4.85.